The summed E-state index contributed by atoms with van der Waals surface area (Å²) in [5, 5.41) is 18.4. The zero-order chi connectivity index (χ0) is 16.2. The molecule has 23 heavy (non-hydrogen) atoms. The highest BCUT2D eigenvalue weighted by atomic mass is 32.1. The van der Waals surface area contributed by atoms with Gasteiger partial charge in [-0.1, -0.05) is 12.1 Å². The number of para-hydroxylation sites is 1. The van der Waals surface area contributed by atoms with Gasteiger partial charge in [0, 0.05) is 11.3 Å². The molecule has 2 N–H and O–H groups in total. The first-order valence-electron chi connectivity index (χ1n) is 7.15. The summed E-state index contributed by atoms with van der Waals surface area (Å²) in [5.41, 5.74) is 2.47. The molecule has 1 aromatic carbocycles. The number of H-pyrrole nitrogens is 2. The summed E-state index contributed by atoms with van der Waals surface area (Å²) in [6.45, 7) is 4.45. The summed E-state index contributed by atoms with van der Waals surface area (Å²) in [6, 6.07) is 9.55. The van der Waals surface area contributed by atoms with Gasteiger partial charge in [0.15, 0.2) is 0 Å². The Balaban J connectivity index is 1.98. The van der Waals surface area contributed by atoms with Crippen LogP contribution in [0.4, 0.5) is 0 Å². The molecule has 0 saturated carbocycles. The molecule has 0 saturated heterocycles. The minimum absolute atomic E-state index is 0.394. The second kappa shape index (κ2) is 6.57. The summed E-state index contributed by atoms with van der Waals surface area (Å²) in [6.07, 6.45) is 1.69. The second-order valence-electron chi connectivity index (χ2n) is 4.82. The molecule has 2 aromatic heterocycles. The maximum absolute atomic E-state index is 5.59. The number of hydrogen-bond acceptors (Lipinski definition) is 5. The van der Waals surface area contributed by atoms with E-state index in [1.165, 1.54) is 4.68 Å². The number of aryl methyl sites for hydroxylation is 1. The fourth-order valence-electron chi connectivity index (χ4n) is 2.09. The van der Waals surface area contributed by atoms with Gasteiger partial charge in [-0.2, -0.15) is 20.0 Å². The number of nitrogens with one attached hydrogen (secondary N) is 2. The number of nitrogens with zero attached hydrogens (tertiary/aromatic N) is 4. The van der Waals surface area contributed by atoms with E-state index < -0.39 is 0 Å². The molecule has 0 atom stereocenters. The third-order valence-electron chi connectivity index (χ3n) is 3.12. The Morgan fingerprint density at radius 1 is 1.30 bits per heavy atom. The van der Waals surface area contributed by atoms with Crippen molar-refractivity contribution in [1.82, 2.24) is 25.1 Å². The molecule has 8 heteroatoms. The van der Waals surface area contributed by atoms with Crippen molar-refractivity contribution in [3.8, 4) is 17.3 Å². The van der Waals surface area contributed by atoms with E-state index >= 15 is 0 Å². The van der Waals surface area contributed by atoms with Crippen LogP contribution in [0, 0.1) is 11.7 Å². The van der Waals surface area contributed by atoms with Gasteiger partial charge in [-0.25, -0.2) is 5.10 Å². The Hall–Kier alpha value is -2.74. The third-order valence-corrected chi connectivity index (χ3v) is 3.38. The van der Waals surface area contributed by atoms with Gasteiger partial charge >= 0.3 is 0 Å². The lowest BCUT2D eigenvalue weighted by molar-refractivity contribution is 0.340. The van der Waals surface area contributed by atoms with Crippen LogP contribution in [-0.2, 0) is 0 Å². The van der Waals surface area contributed by atoms with E-state index in [2.05, 4.69) is 25.5 Å². The normalized spacial score (nSPS) is 11.2. The van der Waals surface area contributed by atoms with Gasteiger partial charge in [-0.05, 0) is 44.3 Å². The zero-order valence-corrected chi connectivity index (χ0v) is 13.6. The van der Waals surface area contributed by atoms with E-state index in [1.807, 2.05) is 44.2 Å². The molecule has 0 unspecified atom stereocenters. The standard InChI is InChI=1S/C15H16N6OS/c1-3-22-13-7-5-4-6-11(13)9-16-21-14(19-20-15(21)23)12-8-10(2)17-18-12/h4-9H,3H2,1-2H3,(H,17,18)(H,20,23)/b16-9+. The summed E-state index contributed by atoms with van der Waals surface area (Å²) < 4.78 is 7.52. The van der Waals surface area contributed by atoms with Crippen LogP contribution in [-0.4, -0.2) is 37.9 Å². The van der Waals surface area contributed by atoms with E-state index in [1.54, 1.807) is 6.21 Å². The highest BCUT2D eigenvalue weighted by molar-refractivity contribution is 7.71. The molecule has 0 aliphatic carbocycles. The van der Waals surface area contributed by atoms with Crippen molar-refractivity contribution >= 4 is 18.4 Å². The number of benzene rings is 1. The van der Waals surface area contributed by atoms with Gasteiger partial charge in [-0.15, -0.1) is 0 Å². The molecule has 0 radical (unpaired) electrons. The number of aromatic nitrogens is 5. The van der Waals surface area contributed by atoms with Crippen molar-refractivity contribution in [1.29, 1.82) is 0 Å². The number of hydrogen-bond donors (Lipinski definition) is 2. The maximum atomic E-state index is 5.59. The first kappa shape index (κ1) is 15.2. The Labute approximate surface area is 138 Å². The second-order valence-corrected chi connectivity index (χ2v) is 5.20. The van der Waals surface area contributed by atoms with Gasteiger partial charge in [0.2, 0.25) is 10.6 Å². The van der Waals surface area contributed by atoms with Crippen LogP contribution in [0.25, 0.3) is 11.5 Å². The SMILES string of the molecule is CCOc1ccccc1/C=N/n1c(-c2cc(C)[nH]n2)n[nH]c1=S. The fourth-order valence-corrected chi connectivity index (χ4v) is 2.27. The van der Waals surface area contributed by atoms with E-state index in [0.717, 1.165) is 17.0 Å². The topological polar surface area (TPSA) is 83.9 Å². The lowest BCUT2D eigenvalue weighted by Gasteiger charge is -2.05. The van der Waals surface area contributed by atoms with E-state index in [0.29, 0.717) is 22.9 Å². The minimum Gasteiger partial charge on any atom is -0.493 e. The highest BCUT2D eigenvalue weighted by Crippen LogP contribution is 2.18. The lowest BCUT2D eigenvalue weighted by Crippen LogP contribution is -1.98. The van der Waals surface area contributed by atoms with Gasteiger partial charge in [0.05, 0.1) is 12.8 Å². The number of aromatic amines is 2. The summed E-state index contributed by atoms with van der Waals surface area (Å²) >= 11 is 5.24. The van der Waals surface area contributed by atoms with E-state index in [4.69, 9.17) is 17.0 Å². The van der Waals surface area contributed by atoms with Crippen LogP contribution in [0.5, 0.6) is 5.75 Å². The average Bonchev–Trinajstić information content (AvgIpc) is 3.13. The molecule has 2 heterocycles. The molecule has 3 aromatic rings. The van der Waals surface area contributed by atoms with Crippen LogP contribution in [0.1, 0.15) is 18.2 Å². The Morgan fingerprint density at radius 3 is 2.87 bits per heavy atom. The van der Waals surface area contributed by atoms with Crippen molar-refractivity contribution in [3.05, 3.63) is 46.4 Å². The highest BCUT2D eigenvalue weighted by Gasteiger charge is 2.11. The van der Waals surface area contributed by atoms with Gasteiger partial charge < -0.3 is 4.74 Å². The van der Waals surface area contributed by atoms with Gasteiger partial charge in [0.1, 0.15) is 11.4 Å². The van der Waals surface area contributed by atoms with Crippen molar-refractivity contribution in [3.63, 3.8) is 0 Å². The molecule has 0 amide bonds. The Morgan fingerprint density at radius 2 is 2.13 bits per heavy atom. The predicted molar refractivity (Wildman–Crippen MR) is 90.3 cm³/mol. The van der Waals surface area contributed by atoms with Gasteiger partial charge in [-0.3, -0.25) is 5.10 Å². The Kier molecular flexibility index (Phi) is 4.33. The summed E-state index contributed by atoms with van der Waals surface area (Å²) in [7, 11) is 0. The number of ether oxygens (including phenoxy) is 1. The predicted octanol–water partition coefficient (Wildman–Crippen LogP) is 2.92. The van der Waals surface area contributed by atoms with Crippen molar-refractivity contribution in [2.45, 2.75) is 13.8 Å². The first-order chi connectivity index (χ1) is 11.2. The van der Waals surface area contributed by atoms with Crippen LogP contribution < -0.4 is 4.74 Å². The molecular weight excluding hydrogens is 312 g/mol. The van der Waals surface area contributed by atoms with Crippen LogP contribution >= 0.6 is 12.2 Å². The minimum atomic E-state index is 0.394. The molecular formula is C15H16N6OS. The largest absolute Gasteiger partial charge is 0.493 e. The smallest absolute Gasteiger partial charge is 0.216 e. The monoisotopic (exact) mass is 328 g/mol. The summed E-state index contributed by atoms with van der Waals surface area (Å²) in [4.78, 5) is 0. The quantitative estimate of drug-likeness (QED) is 0.557. The van der Waals surface area contributed by atoms with Crippen LogP contribution in [0.15, 0.2) is 35.4 Å². The van der Waals surface area contributed by atoms with E-state index in [-0.39, 0.29) is 0 Å². The lowest BCUT2D eigenvalue weighted by atomic mass is 10.2. The molecule has 118 valence electrons. The molecule has 0 spiro atoms. The van der Waals surface area contributed by atoms with Crippen molar-refractivity contribution in [2.24, 2.45) is 5.10 Å². The van der Waals surface area contributed by atoms with Crippen LogP contribution in [0.3, 0.4) is 0 Å². The zero-order valence-electron chi connectivity index (χ0n) is 12.8. The molecule has 3 rings (SSSR count). The molecule has 0 fully saturated rings. The van der Waals surface area contributed by atoms with Gasteiger partial charge in [0.25, 0.3) is 0 Å². The maximum Gasteiger partial charge on any atom is 0.216 e. The van der Waals surface area contributed by atoms with Crippen LogP contribution in [0.2, 0.25) is 0 Å². The molecule has 7 nitrogen and oxygen atoms in total. The molecule has 0 bridgehead atoms. The van der Waals surface area contributed by atoms with E-state index in [9.17, 15) is 0 Å². The summed E-state index contributed by atoms with van der Waals surface area (Å²) in [5.74, 6) is 1.32. The van der Waals surface area contributed by atoms with Crippen molar-refractivity contribution in [2.75, 3.05) is 6.61 Å². The molecule has 0 aliphatic heterocycles. The average molecular weight is 328 g/mol. The molecule has 0 aliphatic rings. The van der Waals surface area contributed by atoms with Crippen molar-refractivity contribution < 1.29 is 4.74 Å². The third kappa shape index (κ3) is 3.21. The fraction of sp³-hybridized carbons (Fsp3) is 0.200. The number of rotatable bonds is 5. The Bertz CT molecular complexity index is 891. The first-order valence-corrected chi connectivity index (χ1v) is 7.56.